The monoisotopic (exact) mass is 290 g/mol. The number of aryl methyl sites for hydroxylation is 1. The van der Waals surface area contributed by atoms with Crippen molar-refractivity contribution >= 4 is 11.8 Å². The summed E-state index contributed by atoms with van der Waals surface area (Å²) < 4.78 is 11.1. The van der Waals surface area contributed by atoms with Crippen molar-refractivity contribution in [2.75, 3.05) is 0 Å². The van der Waals surface area contributed by atoms with Crippen molar-refractivity contribution in [3.05, 3.63) is 23.2 Å². The van der Waals surface area contributed by atoms with Crippen LogP contribution in [0.1, 0.15) is 55.3 Å². The summed E-state index contributed by atoms with van der Waals surface area (Å²) in [5, 5.41) is 0. The third-order valence-corrected chi connectivity index (χ3v) is 5.62. The lowest BCUT2D eigenvalue weighted by Crippen LogP contribution is -2.54. The average Bonchev–Trinajstić information content (AvgIpc) is 2.78. The van der Waals surface area contributed by atoms with Crippen LogP contribution in [0.5, 0.6) is 0 Å². The molecule has 1 fully saturated rings. The first-order chi connectivity index (χ1) is 9.85. The molecule has 4 atom stereocenters. The molecular weight excluding hydrogens is 268 g/mol. The topological polar surface area (TPSA) is 56.5 Å². The van der Waals surface area contributed by atoms with Crippen LogP contribution in [-0.2, 0) is 16.0 Å². The minimum Gasteiger partial charge on any atom is -0.468 e. The van der Waals surface area contributed by atoms with Gasteiger partial charge in [-0.3, -0.25) is 9.59 Å². The number of ether oxygens (including phenoxy) is 1. The molecule has 2 aliphatic carbocycles. The summed E-state index contributed by atoms with van der Waals surface area (Å²) in [6, 6.07) is 0. The summed E-state index contributed by atoms with van der Waals surface area (Å²) in [5.41, 5.74) is 1.19. The minimum absolute atomic E-state index is 0.00991. The third-order valence-electron chi connectivity index (χ3n) is 5.62. The number of furan rings is 1. The zero-order valence-corrected chi connectivity index (χ0v) is 13.1. The number of carbonyl (C=O) groups is 2. The van der Waals surface area contributed by atoms with Gasteiger partial charge in [0.15, 0.2) is 5.78 Å². The molecule has 4 nitrogen and oxygen atoms in total. The lowest BCUT2D eigenvalue weighted by atomic mass is 9.54. The van der Waals surface area contributed by atoms with E-state index in [1.165, 1.54) is 6.92 Å². The molecule has 0 N–H and O–H groups in total. The fourth-order valence-electron chi connectivity index (χ4n) is 4.18. The predicted octanol–water partition coefficient (Wildman–Crippen LogP) is 3.31. The standard InChI is InChI=1S/C17H22O4/c1-9-8-20-14-7-12-13(21-11(3)18)6-5-10(2)17(12,4)16(19)15(9)14/h8,10,12-13H,5-7H2,1-4H3/t10-,12-,13-,17+/m0/s1. The van der Waals surface area contributed by atoms with Crippen molar-refractivity contribution in [2.45, 2.75) is 53.1 Å². The molecule has 2 aliphatic rings. The van der Waals surface area contributed by atoms with Gasteiger partial charge < -0.3 is 9.15 Å². The maximum absolute atomic E-state index is 13.1. The highest BCUT2D eigenvalue weighted by Gasteiger charge is 2.56. The highest BCUT2D eigenvalue weighted by Crippen LogP contribution is 2.53. The van der Waals surface area contributed by atoms with Crippen LogP contribution in [0.15, 0.2) is 10.7 Å². The number of carbonyl (C=O) groups excluding carboxylic acids is 2. The maximum Gasteiger partial charge on any atom is 0.302 e. The van der Waals surface area contributed by atoms with Crippen LogP contribution in [0.2, 0.25) is 0 Å². The van der Waals surface area contributed by atoms with E-state index in [0.717, 1.165) is 29.7 Å². The van der Waals surface area contributed by atoms with Crippen LogP contribution in [0.3, 0.4) is 0 Å². The van der Waals surface area contributed by atoms with Crippen molar-refractivity contribution in [2.24, 2.45) is 17.3 Å². The second-order valence-corrected chi connectivity index (χ2v) is 6.77. The minimum atomic E-state index is -0.472. The third kappa shape index (κ3) is 1.95. The Labute approximate surface area is 124 Å². The fourth-order valence-corrected chi connectivity index (χ4v) is 4.18. The van der Waals surface area contributed by atoms with Crippen molar-refractivity contribution in [1.29, 1.82) is 0 Å². The predicted molar refractivity (Wildman–Crippen MR) is 77.0 cm³/mol. The molecule has 1 aromatic heterocycles. The van der Waals surface area contributed by atoms with Gasteiger partial charge in [-0.1, -0.05) is 13.8 Å². The molecule has 1 heterocycles. The van der Waals surface area contributed by atoms with Gasteiger partial charge in [-0.05, 0) is 31.2 Å². The first-order valence-corrected chi connectivity index (χ1v) is 7.64. The Bertz CT molecular complexity index is 600. The molecule has 0 spiro atoms. The highest BCUT2D eigenvalue weighted by atomic mass is 16.5. The Morgan fingerprint density at radius 1 is 1.43 bits per heavy atom. The quantitative estimate of drug-likeness (QED) is 0.745. The summed E-state index contributed by atoms with van der Waals surface area (Å²) in [6.45, 7) is 7.52. The first kappa shape index (κ1) is 14.4. The highest BCUT2D eigenvalue weighted by molar-refractivity contribution is 6.04. The second-order valence-electron chi connectivity index (χ2n) is 6.77. The van der Waals surface area contributed by atoms with Crippen molar-refractivity contribution < 1.29 is 18.7 Å². The Balaban J connectivity index is 2.06. The van der Waals surface area contributed by atoms with Gasteiger partial charge in [0.1, 0.15) is 11.9 Å². The summed E-state index contributed by atoms with van der Waals surface area (Å²) in [5.74, 6) is 0.932. The second kappa shape index (κ2) is 4.72. The summed E-state index contributed by atoms with van der Waals surface area (Å²) in [7, 11) is 0. The molecule has 0 aliphatic heterocycles. The lowest BCUT2D eigenvalue weighted by molar-refractivity contribution is -0.156. The molecule has 0 radical (unpaired) electrons. The van der Waals surface area contributed by atoms with Crippen LogP contribution in [0.4, 0.5) is 0 Å². The van der Waals surface area contributed by atoms with E-state index >= 15 is 0 Å². The summed E-state index contributed by atoms with van der Waals surface area (Å²) >= 11 is 0. The Morgan fingerprint density at radius 2 is 2.14 bits per heavy atom. The van der Waals surface area contributed by atoms with Crippen molar-refractivity contribution in [1.82, 2.24) is 0 Å². The number of hydrogen-bond acceptors (Lipinski definition) is 4. The average molecular weight is 290 g/mol. The number of rotatable bonds is 1. The zero-order chi connectivity index (χ0) is 15.4. The van der Waals surface area contributed by atoms with Crippen molar-refractivity contribution in [3.8, 4) is 0 Å². The van der Waals surface area contributed by atoms with Crippen LogP contribution in [0.25, 0.3) is 0 Å². The molecule has 1 aromatic rings. The number of hydrogen-bond donors (Lipinski definition) is 0. The molecule has 21 heavy (non-hydrogen) atoms. The van der Waals surface area contributed by atoms with Gasteiger partial charge in [0.25, 0.3) is 0 Å². The Kier molecular flexibility index (Phi) is 3.23. The SMILES string of the molecule is CC(=O)O[C@H]1CC[C@H](C)[C@@]2(C)C(=O)c3c(C)coc3C[C@@H]12. The first-order valence-electron chi connectivity index (χ1n) is 7.64. The molecule has 4 heteroatoms. The molecule has 114 valence electrons. The molecular formula is C17H22O4. The molecule has 0 amide bonds. The van der Waals surface area contributed by atoms with Gasteiger partial charge in [0.05, 0.1) is 11.8 Å². The molecule has 3 rings (SSSR count). The fraction of sp³-hybridized carbons (Fsp3) is 0.647. The largest absolute Gasteiger partial charge is 0.468 e. The number of Topliss-reactive ketones (excluding diaryl/α,β-unsaturated/α-hetero) is 1. The van der Waals surface area contributed by atoms with Gasteiger partial charge in [-0.15, -0.1) is 0 Å². The van der Waals surface area contributed by atoms with E-state index in [2.05, 4.69) is 6.92 Å². The summed E-state index contributed by atoms with van der Waals surface area (Å²) in [4.78, 5) is 24.5. The van der Waals surface area contributed by atoms with Crippen LogP contribution in [-0.4, -0.2) is 17.9 Å². The zero-order valence-electron chi connectivity index (χ0n) is 13.1. The van der Waals surface area contributed by atoms with Crippen LogP contribution in [0, 0.1) is 24.2 Å². The summed E-state index contributed by atoms with van der Waals surface area (Å²) in [6.07, 6.45) is 3.88. The van der Waals surface area contributed by atoms with Gasteiger partial charge in [-0.25, -0.2) is 0 Å². The van der Waals surface area contributed by atoms with Gasteiger partial charge in [-0.2, -0.15) is 0 Å². The Morgan fingerprint density at radius 3 is 2.81 bits per heavy atom. The van der Waals surface area contributed by atoms with E-state index in [9.17, 15) is 9.59 Å². The van der Waals surface area contributed by atoms with E-state index < -0.39 is 5.41 Å². The molecule has 0 bridgehead atoms. The Hall–Kier alpha value is -1.58. The van der Waals surface area contributed by atoms with Gasteiger partial charge >= 0.3 is 5.97 Å². The van der Waals surface area contributed by atoms with Gasteiger partial charge in [0.2, 0.25) is 0 Å². The number of esters is 1. The molecule has 0 aromatic carbocycles. The molecule has 0 unspecified atom stereocenters. The smallest absolute Gasteiger partial charge is 0.302 e. The van der Waals surface area contributed by atoms with E-state index in [0.29, 0.717) is 6.42 Å². The van der Waals surface area contributed by atoms with Crippen LogP contribution < -0.4 is 0 Å². The van der Waals surface area contributed by atoms with E-state index in [1.54, 1.807) is 6.26 Å². The number of ketones is 1. The lowest BCUT2D eigenvalue weighted by Gasteiger charge is -2.50. The molecule has 0 saturated heterocycles. The normalized spacial score (nSPS) is 35.0. The maximum atomic E-state index is 13.1. The van der Waals surface area contributed by atoms with E-state index in [-0.39, 0.29) is 29.7 Å². The molecule has 1 saturated carbocycles. The van der Waals surface area contributed by atoms with E-state index in [1.807, 2.05) is 13.8 Å². The van der Waals surface area contributed by atoms with E-state index in [4.69, 9.17) is 9.15 Å². The van der Waals surface area contributed by atoms with Gasteiger partial charge in [0, 0.05) is 24.7 Å². The van der Waals surface area contributed by atoms with Crippen LogP contribution >= 0.6 is 0 Å². The number of fused-ring (bicyclic) bond motifs is 2. The van der Waals surface area contributed by atoms with Crippen molar-refractivity contribution in [3.63, 3.8) is 0 Å².